The van der Waals surface area contributed by atoms with E-state index in [-0.39, 0.29) is 0 Å². The fourth-order valence-corrected chi connectivity index (χ4v) is 2.45. The molecule has 0 spiro atoms. The van der Waals surface area contributed by atoms with Crippen LogP contribution in [0.1, 0.15) is 22.0 Å². The second-order valence-electron chi connectivity index (χ2n) is 4.15. The van der Waals surface area contributed by atoms with Crippen molar-refractivity contribution in [2.24, 2.45) is 5.84 Å². The van der Waals surface area contributed by atoms with Crippen molar-refractivity contribution in [3.8, 4) is 5.88 Å². The van der Waals surface area contributed by atoms with Crippen LogP contribution in [0.4, 0.5) is 5.82 Å². The number of aromatic nitrogens is 3. The van der Waals surface area contributed by atoms with Crippen LogP contribution in [0.2, 0.25) is 0 Å². The van der Waals surface area contributed by atoms with E-state index in [1.54, 1.807) is 18.3 Å². The summed E-state index contributed by atoms with van der Waals surface area (Å²) in [6, 6.07) is 0. The Morgan fingerprint density at radius 3 is 2.74 bits per heavy atom. The van der Waals surface area contributed by atoms with Crippen molar-refractivity contribution in [1.82, 2.24) is 15.0 Å². The molecule has 0 aliphatic heterocycles. The number of nitrogen functional groups attached to an aromatic ring is 1. The zero-order chi connectivity index (χ0) is 13.8. The van der Waals surface area contributed by atoms with Crippen LogP contribution in [0, 0.1) is 20.8 Å². The van der Waals surface area contributed by atoms with Crippen LogP contribution in [0.25, 0.3) is 0 Å². The molecule has 2 heterocycles. The van der Waals surface area contributed by atoms with Crippen LogP contribution in [0.15, 0.2) is 5.51 Å². The van der Waals surface area contributed by atoms with E-state index in [4.69, 9.17) is 10.6 Å². The highest BCUT2D eigenvalue weighted by molar-refractivity contribution is 7.09. The van der Waals surface area contributed by atoms with Crippen molar-refractivity contribution in [1.29, 1.82) is 0 Å². The lowest BCUT2D eigenvalue weighted by Gasteiger charge is -2.11. The number of thiazole rings is 1. The van der Waals surface area contributed by atoms with E-state index in [1.807, 2.05) is 19.4 Å². The first-order valence-electron chi connectivity index (χ1n) is 5.95. The van der Waals surface area contributed by atoms with Gasteiger partial charge in [-0.2, -0.15) is 4.98 Å². The average Bonchev–Trinajstić information content (AvgIpc) is 2.79. The molecule has 0 unspecified atom stereocenters. The molecule has 0 aromatic carbocycles. The Labute approximate surface area is 116 Å². The second-order valence-corrected chi connectivity index (χ2v) is 5.09. The third kappa shape index (κ3) is 3.18. The van der Waals surface area contributed by atoms with Crippen molar-refractivity contribution in [2.45, 2.75) is 27.2 Å². The minimum atomic E-state index is 0.560. The number of hydrogen-bond donors (Lipinski definition) is 2. The Morgan fingerprint density at radius 2 is 2.11 bits per heavy atom. The van der Waals surface area contributed by atoms with E-state index in [1.165, 1.54) is 4.88 Å². The lowest BCUT2D eigenvalue weighted by molar-refractivity contribution is 0.306. The van der Waals surface area contributed by atoms with E-state index >= 15 is 0 Å². The molecule has 0 radical (unpaired) electrons. The predicted octanol–water partition coefficient (Wildman–Crippen LogP) is 1.77. The lowest BCUT2D eigenvalue weighted by Crippen LogP contribution is -2.13. The van der Waals surface area contributed by atoms with Gasteiger partial charge in [0.05, 0.1) is 23.4 Å². The molecule has 2 aromatic rings. The normalized spacial score (nSPS) is 10.5. The van der Waals surface area contributed by atoms with Crippen molar-refractivity contribution < 1.29 is 4.74 Å². The summed E-state index contributed by atoms with van der Waals surface area (Å²) in [7, 11) is 0. The summed E-state index contributed by atoms with van der Waals surface area (Å²) in [6.45, 7) is 6.25. The smallest absolute Gasteiger partial charge is 0.221 e. The molecule has 0 saturated heterocycles. The Balaban J connectivity index is 2.03. The molecule has 0 atom stereocenters. The monoisotopic (exact) mass is 279 g/mol. The number of nitrogens with zero attached hydrogens (tertiary/aromatic N) is 3. The molecule has 2 aromatic heterocycles. The SMILES string of the molecule is Cc1nc(NN)c(C)c(OCCc2scnc2C)n1. The largest absolute Gasteiger partial charge is 0.477 e. The summed E-state index contributed by atoms with van der Waals surface area (Å²) in [4.78, 5) is 13.9. The van der Waals surface area contributed by atoms with Gasteiger partial charge in [-0.25, -0.2) is 15.8 Å². The summed E-state index contributed by atoms with van der Waals surface area (Å²) >= 11 is 1.64. The maximum Gasteiger partial charge on any atom is 0.221 e. The summed E-state index contributed by atoms with van der Waals surface area (Å²) in [5, 5.41) is 0. The quantitative estimate of drug-likeness (QED) is 0.641. The van der Waals surface area contributed by atoms with Crippen LogP contribution in [-0.2, 0) is 6.42 Å². The molecule has 0 aliphatic carbocycles. The standard InChI is InChI=1S/C12H17N5OS/c1-7-11(17-13)15-9(3)16-12(7)18-5-4-10-8(2)14-6-19-10/h6H,4-5,13H2,1-3H3,(H,15,16,17). The predicted molar refractivity (Wildman–Crippen MR) is 75.4 cm³/mol. The summed E-state index contributed by atoms with van der Waals surface area (Å²) < 4.78 is 5.72. The third-order valence-corrected chi connectivity index (χ3v) is 3.76. The highest BCUT2D eigenvalue weighted by Gasteiger charge is 2.10. The Kier molecular flexibility index (Phi) is 4.28. The van der Waals surface area contributed by atoms with Gasteiger partial charge in [0.15, 0.2) is 0 Å². The first kappa shape index (κ1) is 13.7. The second kappa shape index (κ2) is 5.94. The number of nitrogens with two attached hydrogens (primary N) is 1. The topological polar surface area (TPSA) is 86.0 Å². The Morgan fingerprint density at radius 1 is 1.32 bits per heavy atom. The zero-order valence-corrected chi connectivity index (χ0v) is 12.0. The van der Waals surface area contributed by atoms with Crippen LogP contribution in [0.3, 0.4) is 0 Å². The molecule has 102 valence electrons. The molecule has 0 aliphatic rings. The number of anilines is 1. The molecular formula is C12H17N5OS. The number of hydrogen-bond acceptors (Lipinski definition) is 7. The van der Waals surface area contributed by atoms with Gasteiger partial charge < -0.3 is 10.2 Å². The molecule has 6 nitrogen and oxygen atoms in total. The summed E-state index contributed by atoms with van der Waals surface area (Å²) in [5.41, 5.74) is 6.28. The van der Waals surface area contributed by atoms with Gasteiger partial charge >= 0.3 is 0 Å². The van der Waals surface area contributed by atoms with Crippen LogP contribution in [-0.4, -0.2) is 21.6 Å². The van der Waals surface area contributed by atoms with Gasteiger partial charge in [0.25, 0.3) is 0 Å². The van der Waals surface area contributed by atoms with E-state index in [0.29, 0.717) is 24.1 Å². The van der Waals surface area contributed by atoms with E-state index < -0.39 is 0 Å². The maximum absolute atomic E-state index is 5.72. The molecule has 2 rings (SSSR count). The van der Waals surface area contributed by atoms with Gasteiger partial charge in [0.1, 0.15) is 11.6 Å². The minimum Gasteiger partial charge on any atom is -0.477 e. The van der Waals surface area contributed by atoms with Crippen LogP contribution >= 0.6 is 11.3 Å². The van der Waals surface area contributed by atoms with Crippen molar-refractivity contribution >= 4 is 17.2 Å². The van der Waals surface area contributed by atoms with Gasteiger partial charge in [-0.05, 0) is 20.8 Å². The van der Waals surface area contributed by atoms with Crippen molar-refractivity contribution in [2.75, 3.05) is 12.0 Å². The first-order valence-corrected chi connectivity index (χ1v) is 6.83. The first-order chi connectivity index (χ1) is 9.11. The fraction of sp³-hybridized carbons (Fsp3) is 0.417. The molecule has 0 saturated carbocycles. The third-order valence-electron chi connectivity index (χ3n) is 2.76. The van der Waals surface area contributed by atoms with Gasteiger partial charge in [0.2, 0.25) is 5.88 Å². The Hall–Kier alpha value is -1.73. The molecule has 7 heteroatoms. The molecule has 0 fully saturated rings. The molecule has 0 bridgehead atoms. The van der Waals surface area contributed by atoms with E-state index in [2.05, 4.69) is 20.4 Å². The number of ether oxygens (including phenoxy) is 1. The number of rotatable bonds is 5. The molecule has 3 N–H and O–H groups in total. The Bertz CT molecular complexity index is 569. The maximum atomic E-state index is 5.72. The molecule has 0 amide bonds. The van der Waals surface area contributed by atoms with Crippen molar-refractivity contribution in [3.63, 3.8) is 0 Å². The molecule has 19 heavy (non-hydrogen) atoms. The summed E-state index contributed by atoms with van der Waals surface area (Å²) in [5.74, 6) is 7.20. The zero-order valence-electron chi connectivity index (χ0n) is 11.2. The van der Waals surface area contributed by atoms with Crippen LogP contribution in [0.5, 0.6) is 5.88 Å². The molecular weight excluding hydrogens is 262 g/mol. The van der Waals surface area contributed by atoms with E-state index in [9.17, 15) is 0 Å². The highest BCUT2D eigenvalue weighted by atomic mass is 32.1. The highest BCUT2D eigenvalue weighted by Crippen LogP contribution is 2.21. The lowest BCUT2D eigenvalue weighted by atomic mass is 10.3. The van der Waals surface area contributed by atoms with Crippen LogP contribution < -0.4 is 16.0 Å². The minimum absolute atomic E-state index is 0.560. The van der Waals surface area contributed by atoms with E-state index in [0.717, 1.165) is 17.7 Å². The fourth-order valence-electron chi connectivity index (χ4n) is 1.69. The van der Waals surface area contributed by atoms with Crippen molar-refractivity contribution in [3.05, 3.63) is 27.5 Å². The van der Waals surface area contributed by atoms with Gasteiger partial charge in [0, 0.05) is 11.3 Å². The van der Waals surface area contributed by atoms with Gasteiger partial charge in [-0.15, -0.1) is 11.3 Å². The summed E-state index contributed by atoms with van der Waals surface area (Å²) in [6.07, 6.45) is 0.824. The number of hydrazine groups is 1. The number of aryl methyl sites for hydroxylation is 2. The average molecular weight is 279 g/mol. The number of nitrogens with one attached hydrogen (secondary N) is 1. The van der Waals surface area contributed by atoms with Gasteiger partial charge in [-0.1, -0.05) is 0 Å². The van der Waals surface area contributed by atoms with Gasteiger partial charge in [-0.3, -0.25) is 0 Å².